The highest BCUT2D eigenvalue weighted by Crippen LogP contribution is 2.28. The van der Waals surface area contributed by atoms with Crippen LogP contribution in [0.5, 0.6) is 0 Å². The van der Waals surface area contributed by atoms with Gasteiger partial charge in [-0.25, -0.2) is 4.68 Å². The zero-order chi connectivity index (χ0) is 19.3. The Morgan fingerprint density at radius 3 is 2.64 bits per heavy atom. The quantitative estimate of drug-likeness (QED) is 0.643. The van der Waals surface area contributed by atoms with Crippen molar-refractivity contribution in [3.05, 3.63) is 65.7 Å². The minimum absolute atomic E-state index is 0.106. The Balaban J connectivity index is 1.53. The highest BCUT2D eigenvalue weighted by atomic mass is 32.1. The zero-order valence-corrected chi connectivity index (χ0v) is 16.3. The van der Waals surface area contributed by atoms with Crippen molar-refractivity contribution >= 4 is 23.3 Å². The monoisotopic (exact) mass is 393 g/mol. The van der Waals surface area contributed by atoms with E-state index in [4.69, 9.17) is 5.10 Å². The highest BCUT2D eigenvalue weighted by Gasteiger charge is 2.20. The van der Waals surface area contributed by atoms with Crippen molar-refractivity contribution in [2.24, 2.45) is 0 Å². The van der Waals surface area contributed by atoms with E-state index in [9.17, 15) is 9.90 Å². The van der Waals surface area contributed by atoms with E-state index >= 15 is 0 Å². The molecule has 1 fully saturated rings. The number of carbonyl (C=O) groups excluding carboxylic acids is 1. The fraction of sp³-hybridized carbons (Fsp3) is 0.273. The van der Waals surface area contributed by atoms with Crippen molar-refractivity contribution in [2.45, 2.75) is 37.8 Å². The van der Waals surface area contributed by atoms with Gasteiger partial charge in [0, 0.05) is 23.9 Å². The molecule has 0 radical (unpaired) electrons. The van der Waals surface area contributed by atoms with Crippen molar-refractivity contribution in [3.8, 4) is 16.3 Å². The molecule has 1 aromatic carbocycles. The normalized spacial score (nSPS) is 19.8. The predicted molar refractivity (Wildman–Crippen MR) is 112 cm³/mol. The van der Waals surface area contributed by atoms with Gasteiger partial charge in [0.15, 0.2) is 0 Å². The number of para-hydroxylation sites is 1. The van der Waals surface area contributed by atoms with Crippen LogP contribution in [0.25, 0.3) is 22.3 Å². The molecule has 0 bridgehead atoms. The Hall–Kier alpha value is -2.70. The van der Waals surface area contributed by atoms with Gasteiger partial charge < -0.3 is 10.4 Å². The fourth-order valence-electron chi connectivity index (χ4n) is 3.46. The number of aromatic nitrogens is 2. The molecule has 0 spiro atoms. The Kier molecular flexibility index (Phi) is 5.69. The third-order valence-corrected chi connectivity index (χ3v) is 5.85. The van der Waals surface area contributed by atoms with E-state index in [0.29, 0.717) is 0 Å². The molecule has 1 saturated carbocycles. The summed E-state index contributed by atoms with van der Waals surface area (Å²) < 4.78 is 1.84. The van der Waals surface area contributed by atoms with Gasteiger partial charge in [-0.2, -0.15) is 5.10 Å². The van der Waals surface area contributed by atoms with Crippen molar-refractivity contribution < 1.29 is 9.90 Å². The number of rotatable bonds is 5. The van der Waals surface area contributed by atoms with E-state index in [-0.39, 0.29) is 18.1 Å². The lowest BCUT2D eigenvalue weighted by Crippen LogP contribution is -2.37. The summed E-state index contributed by atoms with van der Waals surface area (Å²) in [6.07, 6.45) is 8.29. The molecule has 6 heteroatoms. The molecular weight excluding hydrogens is 370 g/mol. The molecule has 0 unspecified atom stereocenters. The molecule has 4 rings (SSSR count). The van der Waals surface area contributed by atoms with E-state index < -0.39 is 0 Å². The number of thiophene rings is 1. The number of nitrogens with zero attached hydrogens (tertiary/aromatic N) is 2. The first-order valence-corrected chi connectivity index (χ1v) is 10.4. The SMILES string of the molecule is O=C(C=Cc1cn(-c2ccccc2)nc1-c1cccs1)NC1CCC(O)CC1. The first-order valence-electron chi connectivity index (χ1n) is 9.54. The van der Waals surface area contributed by atoms with E-state index in [0.717, 1.165) is 47.5 Å². The van der Waals surface area contributed by atoms with Crippen LogP contribution in [-0.2, 0) is 4.79 Å². The molecule has 144 valence electrons. The first kappa shape index (κ1) is 18.7. The van der Waals surface area contributed by atoms with Crippen LogP contribution >= 0.6 is 11.3 Å². The minimum atomic E-state index is -0.221. The van der Waals surface area contributed by atoms with Gasteiger partial charge >= 0.3 is 0 Å². The summed E-state index contributed by atoms with van der Waals surface area (Å²) in [5.41, 5.74) is 2.74. The number of carbonyl (C=O) groups is 1. The molecule has 28 heavy (non-hydrogen) atoms. The maximum absolute atomic E-state index is 12.4. The van der Waals surface area contributed by atoms with Crippen LogP contribution in [-0.4, -0.2) is 32.9 Å². The van der Waals surface area contributed by atoms with Gasteiger partial charge in [-0.05, 0) is 55.3 Å². The van der Waals surface area contributed by atoms with Crippen LogP contribution in [0.15, 0.2) is 60.1 Å². The lowest BCUT2D eigenvalue weighted by atomic mass is 9.93. The number of nitrogens with one attached hydrogen (secondary N) is 1. The lowest BCUT2D eigenvalue weighted by Gasteiger charge is -2.25. The summed E-state index contributed by atoms with van der Waals surface area (Å²) in [7, 11) is 0. The van der Waals surface area contributed by atoms with Crippen molar-refractivity contribution in [2.75, 3.05) is 0 Å². The largest absolute Gasteiger partial charge is 0.393 e. The van der Waals surface area contributed by atoms with Crippen LogP contribution in [0.1, 0.15) is 31.2 Å². The van der Waals surface area contributed by atoms with Crippen LogP contribution in [0, 0.1) is 0 Å². The molecule has 2 heterocycles. The highest BCUT2D eigenvalue weighted by molar-refractivity contribution is 7.13. The van der Waals surface area contributed by atoms with Gasteiger partial charge in [0.2, 0.25) is 5.91 Å². The first-order chi connectivity index (χ1) is 13.7. The Bertz CT molecular complexity index is 940. The number of hydrogen-bond acceptors (Lipinski definition) is 4. The average Bonchev–Trinajstić information content (AvgIpc) is 3.38. The van der Waals surface area contributed by atoms with E-state index in [1.54, 1.807) is 17.4 Å². The number of benzene rings is 1. The standard InChI is InChI=1S/C22H23N3O2S/c26-19-11-9-17(10-12-19)23-21(27)13-8-16-15-25(18-5-2-1-3-6-18)24-22(16)20-7-4-14-28-20/h1-8,13-15,17,19,26H,9-12H2,(H,23,27). The second-order valence-electron chi connectivity index (χ2n) is 7.04. The molecule has 5 nitrogen and oxygen atoms in total. The number of aliphatic hydroxyl groups is 1. The van der Waals surface area contributed by atoms with Gasteiger partial charge in [0.05, 0.1) is 16.7 Å². The van der Waals surface area contributed by atoms with Crippen LogP contribution in [0.2, 0.25) is 0 Å². The Morgan fingerprint density at radius 2 is 1.93 bits per heavy atom. The smallest absolute Gasteiger partial charge is 0.244 e. The molecular formula is C22H23N3O2S. The average molecular weight is 394 g/mol. The van der Waals surface area contributed by atoms with E-state index in [1.165, 1.54) is 0 Å². The third-order valence-electron chi connectivity index (χ3n) is 4.98. The van der Waals surface area contributed by atoms with Gasteiger partial charge in [-0.15, -0.1) is 11.3 Å². The summed E-state index contributed by atoms with van der Waals surface area (Å²) in [4.78, 5) is 13.4. The van der Waals surface area contributed by atoms with Crippen LogP contribution < -0.4 is 5.32 Å². The molecule has 2 N–H and O–H groups in total. The third kappa shape index (κ3) is 4.40. The topological polar surface area (TPSA) is 67.2 Å². The molecule has 3 aromatic rings. The summed E-state index contributed by atoms with van der Waals surface area (Å²) >= 11 is 1.63. The maximum atomic E-state index is 12.4. The van der Waals surface area contributed by atoms with Crippen molar-refractivity contribution in [1.82, 2.24) is 15.1 Å². The Labute approximate surface area is 168 Å². The summed E-state index contributed by atoms with van der Waals surface area (Å²) in [5.74, 6) is -0.106. The van der Waals surface area contributed by atoms with Gasteiger partial charge in [-0.3, -0.25) is 4.79 Å². The maximum Gasteiger partial charge on any atom is 0.244 e. The van der Waals surface area contributed by atoms with E-state index in [1.807, 2.05) is 64.8 Å². The van der Waals surface area contributed by atoms with E-state index in [2.05, 4.69) is 5.32 Å². The molecule has 1 aliphatic carbocycles. The van der Waals surface area contributed by atoms with Gasteiger partial charge in [-0.1, -0.05) is 24.3 Å². The second-order valence-corrected chi connectivity index (χ2v) is 7.99. The number of amides is 1. The number of hydrogen-bond donors (Lipinski definition) is 2. The van der Waals surface area contributed by atoms with Gasteiger partial charge in [0.25, 0.3) is 0 Å². The zero-order valence-electron chi connectivity index (χ0n) is 15.5. The number of aliphatic hydroxyl groups excluding tert-OH is 1. The van der Waals surface area contributed by atoms with Crippen LogP contribution in [0.3, 0.4) is 0 Å². The Morgan fingerprint density at radius 1 is 1.14 bits per heavy atom. The fourth-order valence-corrected chi connectivity index (χ4v) is 4.19. The second kappa shape index (κ2) is 8.54. The minimum Gasteiger partial charge on any atom is -0.393 e. The molecule has 1 aliphatic rings. The van der Waals surface area contributed by atoms with Crippen molar-refractivity contribution in [3.63, 3.8) is 0 Å². The van der Waals surface area contributed by atoms with Crippen molar-refractivity contribution in [1.29, 1.82) is 0 Å². The molecule has 0 saturated heterocycles. The summed E-state index contributed by atoms with van der Waals surface area (Å²) in [6, 6.07) is 14.1. The van der Waals surface area contributed by atoms with Gasteiger partial charge in [0.1, 0.15) is 5.69 Å². The predicted octanol–water partition coefficient (Wildman–Crippen LogP) is 4.03. The lowest BCUT2D eigenvalue weighted by molar-refractivity contribution is -0.117. The molecule has 0 atom stereocenters. The molecule has 1 amide bonds. The summed E-state index contributed by atoms with van der Waals surface area (Å²) in [6.45, 7) is 0. The molecule has 2 aromatic heterocycles. The summed E-state index contributed by atoms with van der Waals surface area (Å²) in [5, 5.41) is 19.4. The van der Waals surface area contributed by atoms with Crippen LogP contribution in [0.4, 0.5) is 0 Å². The molecule has 0 aliphatic heterocycles.